The van der Waals surface area contributed by atoms with Crippen LogP contribution in [0.2, 0.25) is 0 Å². The lowest BCUT2D eigenvalue weighted by Gasteiger charge is -2.71. The fraction of sp³-hybridized carbons (Fsp3) is 0.867. The molecule has 11 atom stereocenters. The smallest absolute Gasteiger partial charge is 0.310 e. The molecule has 5 aliphatic rings. The van der Waals surface area contributed by atoms with E-state index in [0.29, 0.717) is 25.7 Å². The predicted octanol–water partition coefficient (Wildman–Crippen LogP) is 5.13. The molecule has 0 aromatic heterocycles. The Labute approximate surface area is 215 Å². The van der Waals surface area contributed by atoms with Gasteiger partial charge in [0.1, 0.15) is 0 Å². The molecule has 5 saturated carbocycles. The molecule has 36 heavy (non-hydrogen) atoms. The number of hydrogen-bond acceptors (Lipinski definition) is 4. The van der Waals surface area contributed by atoms with Gasteiger partial charge in [0.05, 0.1) is 23.5 Å². The summed E-state index contributed by atoms with van der Waals surface area (Å²) in [4.78, 5) is 26.3. The van der Waals surface area contributed by atoms with Gasteiger partial charge in [-0.15, -0.1) is 0 Å². The lowest BCUT2D eigenvalue weighted by Crippen LogP contribution is -2.70. The highest BCUT2D eigenvalue weighted by Gasteiger charge is 2.75. The normalized spacial score (nSPS) is 53.9. The fourth-order valence-electron chi connectivity index (χ4n) is 11.7. The molecule has 5 fully saturated rings. The molecule has 0 heterocycles. The first-order valence-corrected chi connectivity index (χ1v) is 14.2. The zero-order chi connectivity index (χ0) is 26.5. The second-order valence-electron chi connectivity index (χ2n) is 14.2. The summed E-state index contributed by atoms with van der Waals surface area (Å²) in [5.41, 5.74) is -2.02. The minimum Gasteiger partial charge on any atom is -0.481 e. The number of aliphatic carboxylic acids is 2. The molecule has 6 heteroatoms. The largest absolute Gasteiger partial charge is 0.481 e. The summed E-state index contributed by atoms with van der Waals surface area (Å²) in [6, 6.07) is 0. The maximum absolute atomic E-state index is 13.6. The molecular weight excluding hydrogens is 456 g/mol. The van der Waals surface area contributed by atoms with Crippen LogP contribution in [0.5, 0.6) is 0 Å². The molecule has 6 nitrogen and oxygen atoms in total. The Balaban J connectivity index is 1.63. The number of carboxylic acid groups (broad SMARTS) is 2. The van der Waals surface area contributed by atoms with Crippen molar-refractivity contribution in [2.75, 3.05) is 6.61 Å². The van der Waals surface area contributed by atoms with Gasteiger partial charge in [-0.25, -0.2) is 0 Å². The van der Waals surface area contributed by atoms with Crippen molar-refractivity contribution in [3.05, 3.63) is 12.2 Å². The summed E-state index contributed by atoms with van der Waals surface area (Å²) in [6.07, 6.45) is 6.32. The van der Waals surface area contributed by atoms with Gasteiger partial charge >= 0.3 is 11.9 Å². The maximum Gasteiger partial charge on any atom is 0.310 e. The monoisotopic (exact) mass is 502 g/mol. The summed E-state index contributed by atoms with van der Waals surface area (Å²) in [7, 11) is 0. The minimum atomic E-state index is -0.961. The lowest BCUT2D eigenvalue weighted by atomic mass is 9.31. The summed E-state index contributed by atoms with van der Waals surface area (Å²) < 4.78 is 0. The number of carbonyl (C=O) groups is 2. The highest BCUT2D eigenvalue weighted by Crippen LogP contribution is 2.77. The van der Waals surface area contributed by atoms with Crippen LogP contribution in [0.15, 0.2) is 12.2 Å². The number of aliphatic hydroxyl groups is 2. The standard InChI is InChI=1S/C30H46O6/c1-17(2)18-8-13-29(24(33)34)14-15-30(25(35)36)19(23(18)29)6-7-21-26(3)11-10-22(32)27(4,16-31)20(26)9-12-28(21,30)5/h18-23,31-32H,1,6-16H2,2-5H3,(H,33,34)(H,35,36)/t18-,19+,20-,21-,22-,23+,26-,27-,28+,29-,30+/m0/s1. The zero-order valence-corrected chi connectivity index (χ0v) is 22.6. The summed E-state index contributed by atoms with van der Waals surface area (Å²) >= 11 is 0. The van der Waals surface area contributed by atoms with Crippen molar-refractivity contribution in [1.82, 2.24) is 0 Å². The second-order valence-corrected chi connectivity index (χ2v) is 14.2. The van der Waals surface area contributed by atoms with Crippen molar-refractivity contribution < 1.29 is 30.0 Å². The van der Waals surface area contributed by atoms with Gasteiger partial charge in [-0.05, 0) is 112 Å². The van der Waals surface area contributed by atoms with E-state index >= 15 is 0 Å². The van der Waals surface area contributed by atoms with Crippen LogP contribution in [-0.4, -0.2) is 45.1 Å². The van der Waals surface area contributed by atoms with Crippen molar-refractivity contribution in [1.29, 1.82) is 0 Å². The van der Waals surface area contributed by atoms with Crippen LogP contribution in [0.1, 0.15) is 91.9 Å². The van der Waals surface area contributed by atoms with Gasteiger partial charge < -0.3 is 20.4 Å². The van der Waals surface area contributed by atoms with Crippen molar-refractivity contribution in [3.8, 4) is 0 Å². The quantitative estimate of drug-likeness (QED) is 0.396. The first-order chi connectivity index (χ1) is 16.8. The van der Waals surface area contributed by atoms with Crippen LogP contribution in [0.25, 0.3) is 0 Å². The summed E-state index contributed by atoms with van der Waals surface area (Å²) in [5, 5.41) is 42.9. The van der Waals surface area contributed by atoms with Crippen LogP contribution in [0, 0.1) is 56.7 Å². The molecule has 5 rings (SSSR count). The molecular formula is C30H46O6. The summed E-state index contributed by atoms with van der Waals surface area (Å²) in [5.74, 6) is -1.50. The van der Waals surface area contributed by atoms with Crippen LogP contribution in [0.3, 0.4) is 0 Å². The predicted molar refractivity (Wildman–Crippen MR) is 136 cm³/mol. The zero-order valence-electron chi connectivity index (χ0n) is 22.6. The Kier molecular flexibility index (Phi) is 5.86. The highest BCUT2D eigenvalue weighted by molar-refractivity contribution is 5.80. The number of carboxylic acids is 2. The molecule has 4 N–H and O–H groups in total. The molecule has 0 aliphatic heterocycles. The van der Waals surface area contributed by atoms with E-state index in [1.807, 2.05) is 13.8 Å². The number of allylic oxidation sites excluding steroid dienone is 1. The van der Waals surface area contributed by atoms with E-state index in [4.69, 9.17) is 0 Å². The van der Waals surface area contributed by atoms with Gasteiger partial charge in [0.25, 0.3) is 0 Å². The fourth-order valence-corrected chi connectivity index (χ4v) is 11.7. The Morgan fingerprint density at radius 1 is 0.861 bits per heavy atom. The second kappa shape index (κ2) is 8.05. The molecule has 0 bridgehead atoms. The minimum absolute atomic E-state index is 0.0553. The van der Waals surface area contributed by atoms with Crippen molar-refractivity contribution in [2.24, 2.45) is 56.7 Å². The molecule has 0 saturated heterocycles. The van der Waals surface area contributed by atoms with Gasteiger partial charge in [-0.3, -0.25) is 9.59 Å². The van der Waals surface area contributed by atoms with E-state index in [1.54, 1.807) is 0 Å². The van der Waals surface area contributed by atoms with Gasteiger partial charge in [-0.2, -0.15) is 0 Å². The van der Waals surface area contributed by atoms with Gasteiger partial charge in [0.2, 0.25) is 0 Å². The van der Waals surface area contributed by atoms with Crippen LogP contribution >= 0.6 is 0 Å². The van der Waals surface area contributed by atoms with Gasteiger partial charge in [0, 0.05) is 5.41 Å². The van der Waals surface area contributed by atoms with Crippen LogP contribution < -0.4 is 0 Å². The summed E-state index contributed by atoms with van der Waals surface area (Å²) in [6.45, 7) is 12.7. The number of fused-ring (bicyclic) bond motifs is 7. The van der Waals surface area contributed by atoms with Crippen LogP contribution in [0.4, 0.5) is 0 Å². The lowest BCUT2D eigenvalue weighted by molar-refractivity contribution is -0.259. The average molecular weight is 503 g/mol. The first kappa shape index (κ1) is 26.2. The molecule has 0 aromatic carbocycles. The topological polar surface area (TPSA) is 115 Å². The maximum atomic E-state index is 13.6. The molecule has 0 unspecified atom stereocenters. The molecule has 0 aromatic rings. The first-order valence-electron chi connectivity index (χ1n) is 14.2. The Bertz CT molecular complexity index is 976. The third-order valence-corrected chi connectivity index (χ3v) is 13.4. The molecule has 0 amide bonds. The van der Waals surface area contributed by atoms with E-state index in [2.05, 4.69) is 20.4 Å². The Morgan fingerprint density at radius 3 is 2.14 bits per heavy atom. The average Bonchev–Trinajstić information content (AvgIpc) is 3.23. The SMILES string of the molecule is C=C(C)[C@@H]1CC[C@]2(C(=O)O)CC[C@]3(C(=O)O)[C@H](CC[C@H]4[C@@]5(C)CC[C@H](O)[C@@](C)(CO)[C@H]5CC[C@]43C)[C@@H]12. The molecule has 202 valence electrons. The molecule has 5 aliphatic carbocycles. The number of aliphatic hydroxyl groups excluding tert-OH is 2. The van der Waals surface area contributed by atoms with Crippen molar-refractivity contribution >= 4 is 11.9 Å². The van der Waals surface area contributed by atoms with Crippen LogP contribution in [-0.2, 0) is 9.59 Å². The third-order valence-electron chi connectivity index (χ3n) is 13.4. The molecule has 0 spiro atoms. The number of rotatable bonds is 4. The highest BCUT2D eigenvalue weighted by atomic mass is 16.4. The van der Waals surface area contributed by atoms with Gasteiger partial charge in [-0.1, -0.05) is 32.9 Å². The van der Waals surface area contributed by atoms with Crippen molar-refractivity contribution in [2.45, 2.75) is 98.0 Å². The Morgan fingerprint density at radius 2 is 1.56 bits per heavy atom. The van der Waals surface area contributed by atoms with Crippen molar-refractivity contribution in [3.63, 3.8) is 0 Å². The molecule has 0 radical (unpaired) electrons. The van der Waals surface area contributed by atoms with E-state index in [0.717, 1.165) is 44.1 Å². The van der Waals surface area contributed by atoms with E-state index < -0.39 is 39.7 Å². The third kappa shape index (κ3) is 2.86. The van der Waals surface area contributed by atoms with Gasteiger partial charge in [0.15, 0.2) is 0 Å². The Hall–Kier alpha value is -1.40. The number of hydrogen-bond donors (Lipinski definition) is 4. The van der Waals surface area contributed by atoms with E-state index in [9.17, 15) is 30.0 Å². The van der Waals surface area contributed by atoms with E-state index in [1.165, 1.54) is 0 Å². The van der Waals surface area contributed by atoms with E-state index in [-0.39, 0.29) is 41.6 Å².